The molecule has 0 saturated heterocycles. The van der Waals surface area contributed by atoms with Gasteiger partial charge in [0, 0.05) is 11.3 Å². The monoisotopic (exact) mass is 263 g/mol. The summed E-state index contributed by atoms with van der Waals surface area (Å²) < 4.78 is 0. The Morgan fingerprint density at radius 1 is 1.28 bits per heavy atom. The molecule has 2 amide bonds. The average molecular weight is 263 g/mol. The van der Waals surface area contributed by atoms with Crippen LogP contribution in [0.5, 0.6) is 0 Å². The molecule has 1 aliphatic rings. The normalized spacial score (nSPS) is 13.9. The van der Waals surface area contributed by atoms with Crippen LogP contribution in [0.25, 0.3) is 0 Å². The van der Waals surface area contributed by atoms with Gasteiger partial charge in [-0.05, 0) is 12.1 Å². The van der Waals surface area contributed by atoms with Crippen LogP contribution in [0.4, 0.5) is 0 Å². The smallest absolute Gasteiger partial charge is 0.251 e. The van der Waals surface area contributed by atoms with Crippen LogP contribution in [0.1, 0.15) is 10.4 Å². The highest BCUT2D eigenvalue weighted by Crippen LogP contribution is 2.08. The van der Waals surface area contributed by atoms with Crippen molar-refractivity contribution in [3.8, 4) is 0 Å². The summed E-state index contributed by atoms with van der Waals surface area (Å²) in [7, 11) is 0. The zero-order valence-corrected chi connectivity index (χ0v) is 10.5. The number of thioether (sulfide) groups is 1. The van der Waals surface area contributed by atoms with Gasteiger partial charge in [-0.3, -0.25) is 14.6 Å². The number of hydrogen-bond acceptors (Lipinski definition) is 4. The van der Waals surface area contributed by atoms with Crippen molar-refractivity contribution >= 4 is 28.7 Å². The minimum atomic E-state index is -0.258. The van der Waals surface area contributed by atoms with Gasteiger partial charge in [0.2, 0.25) is 5.91 Å². The molecule has 18 heavy (non-hydrogen) atoms. The van der Waals surface area contributed by atoms with Gasteiger partial charge < -0.3 is 10.6 Å². The lowest BCUT2D eigenvalue weighted by atomic mass is 10.2. The molecule has 1 aromatic rings. The van der Waals surface area contributed by atoms with Crippen molar-refractivity contribution in [2.24, 2.45) is 4.99 Å². The van der Waals surface area contributed by atoms with E-state index in [9.17, 15) is 9.59 Å². The third-order valence-electron chi connectivity index (χ3n) is 2.28. The molecule has 0 spiro atoms. The molecule has 1 aromatic carbocycles. The fraction of sp³-hybridized carbons (Fsp3) is 0.250. The predicted molar refractivity (Wildman–Crippen MR) is 71.7 cm³/mol. The quantitative estimate of drug-likeness (QED) is 0.840. The Bertz CT molecular complexity index is 473. The van der Waals surface area contributed by atoms with E-state index in [0.717, 1.165) is 12.3 Å². The summed E-state index contributed by atoms with van der Waals surface area (Å²) >= 11 is 1.51. The molecule has 1 heterocycles. The zero-order valence-electron chi connectivity index (χ0n) is 9.68. The van der Waals surface area contributed by atoms with Crippen LogP contribution < -0.4 is 10.6 Å². The molecule has 0 aliphatic carbocycles. The van der Waals surface area contributed by atoms with E-state index in [2.05, 4.69) is 15.6 Å². The van der Waals surface area contributed by atoms with Crippen molar-refractivity contribution in [1.82, 2.24) is 10.6 Å². The highest BCUT2D eigenvalue weighted by Gasteiger charge is 2.12. The maximum absolute atomic E-state index is 11.7. The van der Waals surface area contributed by atoms with E-state index in [1.54, 1.807) is 24.3 Å². The van der Waals surface area contributed by atoms with E-state index < -0.39 is 0 Å². The first-order chi connectivity index (χ1) is 8.75. The van der Waals surface area contributed by atoms with Crippen LogP contribution in [0, 0.1) is 0 Å². The summed E-state index contributed by atoms with van der Waals surface area (Å²) in [5, 5.41) is 5.84. The molecule has 1 aliphatic heterocycles. The minimum Gasteiger partial charge on any atom is -0.343 e. The van der Waals surface area contributed by atoms with E-state index in [4.69, 9.17) is 0 Å². The average Bonchev–Trinajstić information content (AvgIpc) is 2.90. The molecule has 0 aromatic heterocycles. The number of carbonyl (C=O) groups is 2. The summed E-state index contributed by atoms with van der Waals surface area (Å²) in [6.07, 6.45) is 0. The van der Waals surface area contributed by atoms with Crippen LogP contribution in [-0.2, 0) is 4.79 Å². The number of aliphatic imine (C=N–C) groups is 1. The summed E-state index contributed by atoms with van der Waals surface area (Å²) in [6, 6.07) is 8.78. The lowest BCUT2D eigenvalue weighted by Gasteiger charge is -2.06. The SMILES string of the molecule is O=C(CNC(=O)c1ccccc1)NC1=NCCS1. The Morgan fingerprint density at radius 2 is 2.06 bits per heavy atom. The van der Waals surface area contributed by atoms with Crippen molar-refractivity contribution in [2.45, 2.75) is 0 Å². The first kappa shape index (κ1) is 12.6. The van der Waals surface area contributed by atoms with Crippen molar-refractivity contribution in [3.63, 3.8) is 0 Å². The van der Waals surface area contributed by atoms with Crippen LogP contribution in [0.15, 0.2) is 35.3 Å². The molecule has 2 rings (SSSR count). The van der Waals surface area contributed by atoms with E-state index in [1.807, 2.05) is 6.07 Å². The summed E-state index contributed by atoms with van der Waals surface area (Å²) in [6.45, 7) is 0.684. The topological polar surface area (TPSA) is 70.6 Å². The molecule has 0 radical (unpaired) electrons. The van der Waals surface area contributed by atoms with Crippen molar-refractivity contribution in [1.29, 1.82) is 0 Å². The van der Waals surface area contributed by atoms with Gasteiger partial charge >= 0.3 is 0 Å². The highest BCUT2D eigenvalue weighted by atomic mass is 32.2. The second-order valence-electron chi connectivity index (χ2n) is 3.63. The second-order valence-corrected chi connectivity index (χ2v) is 4.72. The molecule has 2 N–H and O–H groups in total. The first-order valence-electron chi connectivity index (χ1n) is 5.56. The number of benzene rings is 1. The van der Waals surface area contributed by atoms with Crippen LogP contribution in [0.2, 0.25) is 0 Å². The molecule has 0 atom stereocenters. The van der Waals surface area contributed by atoms with Gasteiger partial charge in [-0.15, -0.1) is 0 Å². The van der Waals surface area contributed by atoms with Crippen molar-refractivity contribution < 1.29 is 9.59 Å². The van der Waals surface area contributed by atoms with Gasteiger partial charge in [-0.1, -0.05) is 30.0 Å². The van der Waals surface area contributed by atoms with Gasteiger partial charge in [0.05, 0.1) is 13.1 Å². The van der Waals surface area contributed by atoms with Gasteiger partial charge in [0.1, 0.15) is 0 Å². The van der Waals surface area contributed by atoms with E-state index >= 15 is 0 Å². The zero-order chi connectivity index (χ0) is 12.8. The number of nitrogens with zero attached hydrogens (tertiary/aromatic N) is 1. The van der Waals surface area contributed by atoms with E-state index in [-0.39, 0.29) is 18.4 Å². The largest absolute Gasteiger partial charge is 0.343 e. The molecule has 0 unspecified atom stereocenters. The lowest BCUT2D eigenvalue weighted by molar-refractivity contribution is -0.118. The van der Waals surface area contributed by atoms with Crippen LogP contribution in [0.3, 0.4) is 0 Å². The summed E-state index contributed by atoms with van der Waals surface area (Å²) in [5.41, 5.74) is 0.540. The van der Waals surface area contributed by atoms with Crippen molar-refractivity contribution in [3.05, 3.63) is 35.9 Å². The highest BCUT2D eigenvalue weighted by molar-refractivity contribution is 8.14. The van der Waals surface area contributed by atoms with E-state index in [1.165, 1.54) is 11.8 Å². The maximum atomic E-state index is 11.7. The number of rotatable bonds is 3. The Labute approximate surface area is 109 Å². The van der Waals surface area contributed by atoms with Crippen molar-refractivity contribution in [2.75, 3.05) is 18.8 Å². The predicted octanol–water partition coefficient (Wildman–Crippen LogP) is 0.635. The number of nitrogens with one attached hydrogen (secondary N) is 2. The molecule has 94 valence electrons. The third-order valence-corrected chi connectivity index (χ3v) is 3.17. The molecule has 5 nitrogen and oxygen atoms in total. The molecule has 6 heteroatoms. The number of carbonyl (C=O) groups excluding carboxylic acids is 2. The lowest BCUT2D eigenvalue weighted by Crippen LogP contribution is -2.38. The number of hydrogen-bond donors (Lipinski definition) is 2. The summed E-state index contributed by atoms with van der Waals surface area (Å²) in [4.78, 5) is 27.3. The van der Waals surface area contributed by atoms with Gasteiger partial charge in [0.25, 0.3) is 5.91 Å². The van der Waals surface area contributed by atoms with Gasteiger partial charge in [0.15, 0.2) is 5.17 Å². The third kappa shape index (κ3) is 3.59. The van der Waals surface area contributed by atoms with Crippen LogP contribution >= 0.6 is 11.8 Å². The van der Waals surface area contributed by atoms with E-state index in [0.29, 0.717) is 10.7 Å². The second kappa shape index (κ2) is 6.20. The first-order valence-corrected chi connectivity index (χ1v) is 6.54. The maximum Gasteiger partial charge on any atom is 0.251 e. The van der Waals surface area contributed by atoms with Crippen LogP contribution in [-0.4, -0.2) is 35.8 Å². The molecular weight excluding hydrogens is 250 g/mol. The Hall–Kier alpha value is -1.82. The number of amidine groups is 1. The molecule has 0 saturated carbocycles. The molecule has 0 bridgehead atoms. The summed E-state index contributed by atoms with van der Waals surface area (Å²) in [5.74, 6) is 0.380. The van der Waals surface area contributed by atoms with Gasteiger partial charge in [-0.2, -0.15) is 0 Å². The standard InChI is InChI=1S/C12H13N3O2S/c16-10(15-12-13-6-7-18-12)8-14-11(17)9-4-2-1-3-5-9/h1-5H,6-8H2,(H,14,17)(H,13,15,16). The Balaban J connectivity index is 1.77. The fourth-order valence-corrected chi connectivity index (χ4v) is 2.17. The Morgan fingerprint density at radius 3 is 2.72 bits per heavy atom. The Kier molecular flexibility index (Phi) is 4.35. The fourth-order valence-electron chi connectivity index (χ4n) is 1.43. The number of amides is 2. The van der Waals surface area contributed by atoms with Gasteiger partial charge in [-0.25, -0.2) is 0 Å². The molecular formula is C12H13N3O2S. The molecule has 0 fully saturated rings. The minimum absolute atomic E-state index is 0.0483.